The van der Waals surface area contributed by atoms with Crippen LogP contribution in [-0.4, -0.2) is 36.6 Å². The molecule has 1 aliphatic carbocycles. The first-order valence-corrected chi connectivity index (χ1v) is 6.51. The summed E-state index contributed by atoms with van der Waals surface area (Å²) in [6.45, 7) is -1.29. The maximum Gasteiger partial charge on any atom is 0.406 e. The highest BCUT2D eigenvalue weighted by molar-refractivity contribution is 5.91. The van der Waals surface area contributed by atoms with Gasteiger partial charge in [0.25, 0.3) is 0 Å². The molecule has 0 aliphatic heterocycles. The molecule has 1 fully saturated rings. The Morgan fingerprint density at radius 1 is 1.25 bits per heavy atom. The predicted molar refractivity (Wildman–Crippen MR) is 69.0 cm³/mol. The highest BCUT2D eigenvalue weighted by Crippen LogP contribution is 2.49. The molecule has 2 N–H and O–H groups in total. The molecule has 20 heavy (non-hydrogen) atoms. The number of carbonyl (C=O) groups excluding carboxylic acids is 1. The molecule has 1 aromatic rings. The maximum absolute atomic E-state index is 12.6. The van der Waals surface area contributed by atoms with E-state index < -0.39 is 24.0 Å². The average Bonchev–Trinajstić information content (AvgIpc) is 3.18. The highest BCUT2D eigenvalue weighted by atomic mass is 19.4. The molecule has 1 saturated carbocycles. The zero-order chi connectivity index (χ0) is 14.8. The summed E-state index contributed by atoms with van der Waals surface area (Å²) in [5.41, 5.74) is 5.34. The van der Waals surface area contributed by atoms with Crippen molar-refractivity contribution in [1.29, 1.82) is 0 Å². The summed E-state index contributed by atoms with van der Waals surface area (Å²) in [7, 11) is 0. The highest BCUT2D eigenvalue weighted by Gasteiger charge is 2.53. The van der Waals surface area contributed by atoms with Gasteiger partial charge in [0.1, 0.15) is 6.54 Å². The quantitative estimate of drug-likeness (QED) is 0.900. The second kappa shape index (κ2) is 5.44. The number of hydrogen-bond donors (Lipinski definition) is 1. The topological polar surface area (TPSA) is 46.3 Å². The van der Waals surface area contributed by atoms with Gasteiger partial charge in [-0.15, -0.1) is 0 Å². The first-order chi connectivity index (χ1) is 9.39. The van der Waals surface area contributed by atoms with Gasteiger partial charge < -0.3 is 10.6 Å². The second-order valence-electron chi connectivity index (χ2n) is 5.08. The van der Waals surface area contributed by atoms with Gasteiger partial charge in [-0.05, 0) is 18.4 Å². The minimum atomic E-state index is -4.41. The molecule has 0 radical (unpaired) electrons. The van der Waals surface area contributed by atoms with Crippen LogP contribution in [0.1, 0.15) is 18.4 Å². The fourth-order valence-electron chi connectivity index (χ4n) is 2.44. The first kappa shape index (κ1) is 14.8. The van der Waals surface area contributed by atoms with E-state index in [0.29, 0.717) is 12.8 Å². The molecule has 0 aromatic heterocycles. The molecular formula is C14H17F3N2O. The first-order valence-electron chi connectivity index (χ1n) is 6.51. The lowest BCUT2D eigenvalue weighted by molar-refractivity contribution is -0.162. The van der Waals surface area contributed by atoms with Crippen LogP contribution in [0.25, 0.3) is 0 Å². The molecule has 1 amide bonds. The molecule has 0 spiro atoms. The Morgan fingerprint density at radius 2 is 1.85 bits per heavy atom. The van der Waals surface area contributed by atoms with Gasteiger partial charge >= 0.3 is 6.18 Å². The van der Waals surface area contributed by atoms with E-state index in [-0.39, 0.29) is 13.1 Å². The molecule has 1 aliphatic rings. The van der Waals surface area contributed by atoms with E-state index in [1.54, 1.807) is 24.3 Å². The Kier molecular flexibility index (Phi) is 4.04. The van der Waals surface area contributed by atoms with E-state index in [1.165, 1.54) is 0 Å². The van der Waals surface area contributed by atoms with Crippen molar-refractivity contribution >= 4 is 5.91 Å². The lowest BCUT2D eigenvalue weighted by Gasteiger charge is -2.28. The van der Waals surface area contributed by atoms with Crippen molar-refractivity contribution in [3.05, 3.63) is 35.9 Å². The van der Waals surface area contributed by atoms with Crippen LogP contribution in [0.5, 0.6) is 0 Å². The minimum absolute atomic E-state index is 0.0205. The van der Waals surface area contributed by atoms with Crippen LogP contribution in [0.2, 0.25) is 0 Å². The number of amides is 1. The van der Waals surface area contributed by atoms with Gasteiger partial charge in [0.2, 0.25) is 5.91 Å². The van der Waals surface area contributed by atoms with E-state index in [9.17, 15) is 18.0 Å². The van der Waals surface area contributed by atoms with Crippen molar-refractivity contribution in [1.82, 2.24) is 4.90 Å². The number of nitrogens with zero attached hydrogens (tertiary/aromatic N) is 1. The normalized spacial score (nSPS) is 16.8. The fraction of sp³-hybridized carbons (Fsp3) is 0.500. The summed E-state index contributed by atoms with van der Waals surface area (Å²) in [4.78, 5) is 13.3. The predicted octanol–water partition coefficient (Wildman–Crippen LogP) is 2.07. The van der Waals surface area contributed by atoms with E-state index >= 15 is 0 Å². The van der Waals surface area contributed by atoms with Crippen molar-refractivity contribution in [3.8, 4) is 0 Å². The third kappa shape index (κ3) is 3.12. The molecule has 3 nitrogen and oxygen atoms in total. The summed E-state index contributed by atoms with van der Waals surface area (Å²) in [6.07, 6.45) is -3.22. The number of rotatable bonds is 5. The van der Waals surface area contributed by atoms with Gasteiger partial charge in [0.15, 0.2) is 0 Å². The largest absolute Gasteiger partial charge is 0.406 e. The fourth-order valence-corrected chi connectivity index (χ4v) is 2.44. The number of halogens is 3. The number of hydrogen-bond acceptors (Lipinski definition) is 2. The third-order valence-electron chi connectivity index (χ3n) is 3.54. The Hall–Kier alpha value is -1.56. The molecule has 0 heterocycles. The van der Waals surface area contributed by atoms with Gasteiger partial charge in [-0.2, -0.15) is 13.2 Å². The molecular weight excluding hydrogens is 269 g/mol. The van der Waals surface area contributed by atoms with Gasteiger partial charge in [0.05, 0.1) is 5.41 Å². The van der Waals surface area contributed by atoms with Crippen molar-refractivity contribution in [2.24, 2.45) is 5.73 Å². The van der Waals surface area contributed by atoms with Crippen LogP contribution in [0, 0.1) is 0 Å². The van der Waals surface area contributed by atoms with Crippen molar-refractivity contribution in [3.63, 3.8) is 0 Å². The maximum atomic E-state index is 12.6. The van der Waals surface area contributed by atoms with Crippen LogP contribution in [0.4, 0.5) is 13.2 Å². The monoisotopic (exact) mass is 286 g/mol. The van der Waals surface area contributed by atoms with Crippen molar-refractivity contribution in [2.75, 3.05) is 19.6 Å². The minimum Gasteiger partial charge on any atom is -0.332 e. The van der Waals surface area contributed by atoms with Gasteiger partial charge in [-0.25, -0.2) is 0 Å². The summed E-state index contributed by atoms with van der Waals surface area (Å²) in [5.74, 6) is -0.466. The van der Waals surface area contributed by atoms with Crippen LogP contribution in [0.3, 0.4) is 0 Å². The lowest BCUT2D eigenvalue weighted by Crippen LogP contribution is -2.46. The zero-order valence-electron chi connectivity index (χ0n) is 11.0. The molecule has 0 saturated heterocycles. The summed E-state index contributed by atoms with van der Waals surface area (Å²) in [5, 5.41) is 0. The molecule has 0 unspecified atom stereocenters. The molecule has 1 aromatic carbocycles. The van der Waals surface area contributed by atoms with Crippen LogP contribution in [-0.2, 0) is 10.2 Å². The zero-order valence-corrected chi connectivity index (χ0v) is 11.0. The lowest BCUT2D eigenvalue weighted by atomic mass is 9.94. The Balaban J connectivity index is 2.19. The molecule has 6 heteroatoms. The number of alkyl halides is 3. The average molecular weight is 286 g/mol. The van der Waals surface area contributed by atoms with E-state index in [0.717, 1.165) is 10.5 Å². The Bertz CT molecular complexity index is 469. The van der Waals surface area contributed by atoms with Gasteiger partial charge in [-0.1, -0.05) is 30.3 Å². The van der Waals surface area contributed by atoms with E-state index in [2.05, 4.69) is 0 Å². The third-order valence-corrected chi connectivity index (χ3v) is 3.54. The van der Waals surface area contributed by atoms with E-state index in [1.807, 2.05) is 6.07 Å². The Morgan fingerprint density at radius 3 is 2.30 bits per heavy atom. The van der Waals surface area contributed by atoms with Crippen LogP contribution < -0.4 is 5.73 Å². The molecule has 0 bridgehead atoms. The van der Waals surface area contributed by atoms with Crippen molar-refractivity contribution < 1.29 is 18.0 Å². The standard InChI is InChI=1S/C14H17F3N2O/c15-14(16,17)10-19(9-8-18)12(20)13(6-7-13)11-4-2-1-3-5-11/h1-5H,6-10,18H2. The Labute approximate surface area is 115 Å². The summed E-state index contributed by atoms with van der Waals surface area (Å²) >= 11 is 0. The van der Waals surface area contributed by atoms with Crippen LogP contribution >= 0.6 is 0 Å². The molecule has 2 rings (SSSR count). The SMILES string of the molecule is NCCN(CC(F)(F)F)C(=O)C1(c2ccccc2)CC1. The van der Waals surface area contributed by atoms with E-state index in [4.69, 9.17) is 5.73 Å². The second-order valence-corrected chi connectivity index (χ2v) is 5.08. The summed E-state index contributed by atoms with van der Waals surface area (Å²) < 4.78 is 37.7. The van der Waals surface area contributed by atoms with Gasteiger partial charge in [0, 0.05) is 13.1 Å². The van der Waals surface area contributed by atoms with Crippen LogP contribution in [0.15, 0.2) is 30.3 Å². The smallest absolute Gasteiger partial charge is 0.332 e. The van der Waals surface area contributed by atoms with Gasteiger partial charge in [-0.3, -0.25) is 4.79 Å². The number of nitrogens with two attached hydrogens (primary N) is 1. The summed E-state index contributed by atoms with van der Waals surface area (Å²) in [6, 6.07) is 8.98. The van der Waals surface area contributed by atoms with Crippen molar-refractivity contribution in [2.45, 2.75) is 24.4 Å². The molecule has 110 valence electrons. The number of benzene rings is 1. The molecule has 0 atom stereocenters. The number of carbonyl (C=O) groups is 1.